The Kier molecular flexibility index (Phi) is 4.11. The first-order valence-electron chi connectivity index (χ1n) is 7.29. The van der Waals surface area contributed by atoms with Crippen molar-refractivity contribution in [1.82, 2.24) is 5.32 Å². The Bertz CT molecular complexity index is 403. The second kappa shape index (κ2) is 5.44. The summed E-state index contributed by atoms with van der Waals surface area (Å²) in [6, 6.07) is 2.86. The van der Waals surface area contributed by atoms with Crippen LogP contribution in [-0.4, -0.2) is 7.05 Å². The maximum absolute atomic E-state index is 3.55. The lowest BCUT2D eigenvalue weighted by Gasteiger charge is -2.32. The summed E-state index contributed by atoms with van der Waals surface area (Å²) in [6.45, 7) is 9.03. The number of hydrogen-bond donors (Lipinski definition) is 1. The molecule has 0 radical (unpaired) electrons. The highest BCUT2D eigenvalue weighted by atomic mass is 14.9. The SMILES string of the molecule is CNC(CC1CCC1)c1c(C)c(C)cc(C)c1C. The zero-order chi connectivity index (χ0) is 13.3. The Morgan fingerprint density at radius 2 is 1.67 bits per heavy atom. The molecule has 18 heavy (non-hydrogen) atoms. The molecule has 1 unspecified atom stereocenters. The molecule has 0 amide bonds. The van der Waals surface area contributed by atoms with Gasteiger partial charge in [-0.25, -0.2) is 0 Å². The largest absolute Gasteiger partial charge is 0.313 e. The zero-order valence-electron chi connectivity index (χ0n) is 12.6. The van der Waals surface area contributed by atoms with Crippen LogP contribution >= 0.6 is 0 Å². The third kappa shape index (κ3) is 2.47. The van der Waals surface area contributed by atoms with Crippen LogP contribution in [0.15, 0.2) is 6.07 Å². The van der Waals surface area contributed by atoms with Gasteiger partial charge in [0.25, 0.3) is 0 Å². The molecule has 0 bridgehead atoms. The van der Waals surface area contributed by atoms with Crippen LogP contribution in [-0.2, 0) is 0 Å². The Morgan fingerprint density at radius 1 is 1.11 bits per heavy atom. The van der Waals surface area contributed by atoms with Crippen molar-refractivity contribution in [3.63, 3.8) is 0 Å². The maximum atomic E-state index is 3.55. The van der Waals surface area contributed by atoms with Gasteiger partial charge in [-0.3, -0.25) is 0 Å². The van der Waals surface area contributed by atoms with Crippen LogP contribution in [0.3, 0.4) is 0 Å². The fraction of sp³-hybridized carbons (Fsp3) is 0.647. The Labute approximate surface area is 112 Å². The number of nitrogens with one attached hydrogen (secondary N) is 1. The standard InChI is InChI=1S/C17H27N/c1-11-9-12(2)14(4)17(13(11)3)16(18-5)10-15-7-6-8-15/h9,15-16,18H,6-8,10H2,1-5H3. The Balaban J connectivity index is 2.33. The molecule has 1 aliphatic rings. The van der Waals surface area contributed by atoms with E-state index >= 15 is 0 Å². The fourth-order valence-corrected chi connectivity index (χ4v) is 3.21. The molecule has 0 heterocycles. The van der Waals surface area contributed by atoms with Gasteiger partial charge in [0.05, 0.1) is 0 Å². The van der Waals surface area contributed by atoms with Crippen molar-refractivity contribution in [2.24, 2.45) is 5.92 Å². The molecule has 1 aliphatic carbocycles. The summed E-state index contributed by atoms with van der Waals surface area (Å²) in [5.41, 5.74) is 7.39. The molecule has 1 nitrogen and oxygen atoms in total. The van der Waals surface area contributed by atoms with Crippen molar-refractivity contribution >= 4 is 0 Å². The topological polar surface area (TPSA) is 12.0 Å². The van der Waals surface area contributed by atoms with Crippen LogP contribution in [0.25, 0.3) is 0 Å². The van der Waals surface area contributed by atoms with E-state index in [4.69, 9.17) is 0 Å². The molecule has 1 fully saturated rings. The molecule has 1 N–H and O–H groups in total. The molecule has 0 saturated heterocycles. The molecule has 100 valence electrons. The number of rotatable bonds is 4. The van der Waals surface area contributed by atoms with E-state index in [0.717, 1.165) is 5.92 Å². The van der Waals surface area contributed by atoms with E-state index in [9.17, 15) is 0 Å². The van der Waals surface area contributed by atoms with Crippen LogP contribution in [0, 0.1) is 33.6 Å². The molecular formula is C17H27N. The van der Waals surface area contributed by atoms with Crippen LogP contribution in [0.2, 0.25) is 0 Å². The van der Waals surface area contributed by atoms with Crippen molar-refractivity contribution in [3.05, 3.63) is 33.9 Å². The van der Waals surface area contributed by atoms with Crippen LogP contribution in [0.5, 0.6) is 0 Å². The van der Waals surface area contributed by atoms with Crippen molar-refractivity contribution in [3.8, 4) is 0 Å². The molecule has 1 heteroatoms. The summed E-state index contributed by atoms with van der Waals surface area (Å²) >= 11 is 0. The minimum atomic E-state index is 0.536. The van der Waals surface area contributed by atoms with E-state index in [0.29, 0.717) is 6.04 Å². The van der Waals surface area contributed by atoms with Crippen molar-refractivity contribution in [1.29, 1.82) is 0 Å². The van der Waals surface area contributed by atoms with E-state index in [1.165, 1.54) is 47.9 Å². The smallest absolute Gasteiger partial charge is 0.0325 e. The van der Waals surface area contributed by atoms with Crippen molar-refractivity contribution < 1.29 is 0 Å². The molecule has 1 saturated carbocycles. The van der Waals surface area contributed by atoms with E-state index in [-0.39, 0.29) is 0 Å². The van der Waals surface area contributed by atoms with Gasteiger partial charge >= 0.3 is 0 Å². The first-order chi connectivity index (χ1) is 8.54. The molecule has 0 aliphatic heterocycles. The summed E-state index contributed by atoms with van der Waals surface area (Å²) in [4.78, 5) is 0. The summed E-state index contributed by atoms with van der Waals surface area (Å²) in [5, 5.41) is 3.55. The number of benzene rings is 1. The Morgan fingerprint density at radius 3 is 2.06 bits per heavy atom. The predicted molar refractivity (Wildman–Crippen MR) is 79.1 cm³/mol. The first-order valence-corrected chi connectivity index (χ1v) is 7.29. The van der Waals surface area contributed by atoms with E-state index < -0.39 is 0 Å². The van der Waals surface area contributed by atoms with Crippen LogP contribution in [0.4, 0.5) is 0 Å². The summed E-state index contributed by atoms with van der Waals surface area (Å²) in [5.74, 6) is 0.946. The number of aryl methyl sites for hydroxylation is 2. The third-order valence-electron chi connectivity index (χ3n) is 4.91. The molecule has 1 aromatic rings. The fourth-order valence-electron chi connectivity index (χ4n) is 3.21. The molecule has 0 spiro atoms. The minimum Gasteiger partial charge on any atom is -0.313 e. The zero-order valence-corrected chi connectivity index (χ0v) is 12.6. The van der Waals surface area contributed by atoms with E-state index in [1.54, 1.807) is 5.56 Å². The molecular weight excluding hydrogens is 218 g/mol. The Hall–Kier alpha value is -0.820. The third-order valence-corrected chi connectivity index (χ3v) is 4.91. The monoisotopic (exact) mass is 245 g/mol. The van der Waals surface area contributed by atoms with Crippen molar-refractivity contribution in [2.75, 3.05) is 7.05 Å². The van der Waals surface area contributed by atoms with Gasteiger partial charge < -0.3 is 5.32 Å². The lowest BCUT2D eigenvalue weighted by atomic mass is 9.77. The lowest BCUT2D eigenvalue weighted by Crippen LogP contribution is -2.25. The highest BCUT2D eigenvalue weighted by Gasteiger charge is 2.24. The average molecular weight is 245 g/mol. The van der Waals surface area contributed by atoms with E-state index in [1.807, 2.05) is 0 Å². The van der Waals surface area contributed by atoms with Crippen LogP contribution in [0.1, 0.15) is 59.5 Å². The predicted octanol–water partition coefficient (Wildman–Crippen LogP) is 4.37. The van der Waals surface area contributed by atoms with Crippen molar-refractivity contribution in [2.45, 2.75) is 59.4 Å². The molecule has 1 atom stereocenters. The van der Waals surface area contributed by atoms with Gasteiger partial charge in [-0.05, 0) is 74.9 Å². The van der Waals surface area contributed by atoms with Gasteiger partial charge in [0.1, 0.15) is 0 Å². The lowest BCUT2D eigenvalue weighted by molar-refractivity contribution is 0.265. The van der Waals surface area contributed by atoms with E-state index in [2.05, 4.69) is 46.1 Å². The quantitative estimate of drug-likeness (QED) is 0.830. The molecule has 2 rings (SSSR count). The molecule has 1 aromatic carbocycles. The number of hydrogen-bond acceptors (Lipinski definition) is 1. The minimum absolute atomic E-state index is 0.536. The summed E-state index contributed by atoms with van der Waals surface area (Å²) < 4.78 is 0. The van der Waals surface area contributed by atoms with Gasteiger partial charge in [-0.1, -0.05) is 25.3 Å². The second-order valence-electron chi connectivity index (χ2n) is 6.05. The maximum Gasteiger partial charge on any atom is 0.0325 e. The highest BCUT2D eigenvalue weighted by Crippen LogP contribution is 2.37. The average Bonchev–Trinajstić information content (AvgIpc) is 2.28. The van der Waals surface area contributed by atoms with Crippen LogP contribution < -0.4 is 5.32 Å². The summed E-state index contributed by atoms with van der Waals surface area (Å²) in [7, 11) is 2.11. The second-order valence-corrected chi connectivity index (χ2v) is 6.05. The summed E-state index contributed by atoms with van der Waals surface area (Å²) in [6.07, 6.45) is 5.61. The van der Waals surface area contributed by atoms with Gasteiger partial charge in [0.2, 0.25) is 0 Å². The normalized spacial score (nSPS) is 17.6. The van der Waals surface area contributed by atoms with Gasteiger partial charge in [-0.15, -0.1) is 0 Å². The highest BCUT2D eigenvalue weighted by molar-refractivity contribution is 5.45. The van der Waals surface area contributed by atoms with Gasteiger partial charge in [-0.2, -0.15) is 0 Å². The molecule has 0 aromatic heterocycles. The van der Waals surface area contributed by atoms with Gasteiger partial charge in [0, 0.05) is 6.04 Å². The first kappa shape index (κ1) is 13.6. The van der Waals surface area contributed by atoms with Gasteiger partial charge in [0.15, 0.2) is 0 Å².